The molecular weight excluding hydrogens is 347 g/mol. The lowest BCUT2D eigenvalue weighted by molar-refractivity contribution is -0.384. The maximum Gasteiger partial charge on any atom is 0.342 e. The number of halogens is 2. The van der Waals surface area contributed by atoms with Crippen molar-refractivity contribution < 1.29 is 19.2 Å². The third kappa shape index (κ3) is 3.16. The Labute approximate surface area is 126 Å². The van der Waals surface area contributed by atoms with Crippen LogP contribution in [0.1, 0.15) is 10.4 Å². The van der Waals surface area contributed by atoms with Gasteiger partial charge in [0, 0.05) is 4.47 Å². The molecule has 0 atom stereocenters. The molecule has 0 spiro atoms. The Morgan fingerprint density at radius 1 is 1.29 bits per heavy atom. The van der Waals surface area contributed by atoms with Crippen LogP contribution in [0.3, 0.4) is 0 Å². The molecule has 0 unspecified atom stereocenters. The van der Waals surface area contributed by atoms with E-state index in [2.05, 4.69) is 21.2 Å². The Balaban J connectivity index is 2.51. The lowest BCUT2D eigenvalue weighted by Gasteiger charge is -2.10. The second kappa shape index (κ2) is 5.88. The van der Waals surface area contributed by atoms with Crippen molar-refractivity contribution in [3.63, 3.8) is 0 Å². The van der Waals surface area contributed by atoms with Gasteiger partial charge in [-0.3, -0.25) is 10.1 Å². The van der Waals surface area contributed by atoms with Crippen molar-refractivity contribution in [2.24, 2.45) is 0 Å². The van der Waals surface area contributed by atoms with Gasteiger partial charge in [0.2, 0.25) is 0 Å². The van der Waals surface area contributed by atoms with E-state index in [0.29, 0.717) is 10.2 Å². The van der Waals surface area contributed by atoms with Gasteiger partial charge in [-0.25, -0.2) is 9.18 Å². The summed E-state index contributed by atoms with van der Waals surface area (Å²) in [6.45, 7) is 0. The van der Waals surface area contributed by atoms with Gasteiger partial charge < -0.3 is 10.4 Å². The van der Waals surface area contributed by atoms with Crippen molar-refractivity contribution in [2.75, 3.05) is 5.32 Å². The molecule has 2 aromatic rings. The number of para-hydroxylation sites is 1. The summed E-state index contributed by atoms with van der Waals surface area (Å²) in [5, 5.41) is 22.8. The molecule has 2 N–H and O–H groups in total. The highest BCUT2D eigenvalue weighted by atomic mass is 79.9. The molecule has 0 aliphatic rings. The second-order valence-corrected chi connectivity index (χ2v) is 4.87. The van der Waals surface area contributed by atoms with Gasteiger partial charge in [0.1, 0.15) is 17.1 Å². The summed E-state index contributed by atoms with van der Waals surface area (Å²) >= 11 is 3.12. The Bertz CT molecular complexity index is 736. The summed E-state index contributed by atoms with van der Waals surface area (Å²) in [5.74, 6) is -1.87. The summed E-state index contributed by atoms with van der Waals surface area (Å²) in [6.07, 6.45) is 0. The summed E-state index contributed by atoms with van der Waals surface area (Å²) in [4.78, 5) is 21.4. The van der Waals surface area contributed by atoms with E-state index in [9.17, 15) is 19.3 Å². The van der Waals surface area contributed by atoms with Crippen molar-refractivity contribution in [1.29, 1.82) is 0 Å². The third-order valence-electron chi connectivity index (χ3n) is 2.65. The lowest BCUT2D eigenvalue weighted by Crippen LogP contribution is -2.05. The van der Waals surface area contributed by atoms with Crippen LogP contribution in [0.25, 0.3) is 0 Å². The average Bonchev–Trinajstić information content (AvgIpc) is 2.41. The van der Waals surface area contributed by atoms with E-state index in [-0.39, 0.29) is 5.69 Å². The highest BCUT2D eigenvalue weighted by molar-refractivity contribution is 9.10. The fraction of sp³-hybridized carbons (Fsp3) is 0. The second-order valence-electron chi connectivity index (χ2n) is 4.01. The van der Waals surface area contributed by atoms with Crippen molar-refractivity contribution in [3.05, 3.63) is 62.4 Å². The van der Waals surface area contributed by atoms with Gasteiger partial charge in [-0.1, -0.05) is 6.07 Å². The number of nitrogens with zero attached hydrogens (tertiary/aromatic N) is 1. The Kier molecular flexibility index (Phi) is 4.18. The van der Waals surface area contributed by atoms with Crippen LogP contribution in [0.4, 0.5) is 21.5 Å². The number of benzene rings is 2. The monoisotopic (exact) mass is 354 g/mol. The number of nitro groups is 1. The van der Waals surface area contributed by atoms with Crippen molar-refractivity contribution in [1.82, 2.24) is 0 Å². The first-order valence-electron chi connectivity index (χ1n) is 5.63. The van der Waals surface area contributed by atoms with Crippen LogP contribution < -0.4 is 5.32 Å². The van der Waals surface area contributed by atoms with Crippen molar-refractivity contribution in [2.45, 2.75) is 0 Å². The van der Waals surface area contributed by atoms with Crippen LogP contribution in [0.2, 0.25) is 0 Å². The lowest BCUT2D eigenvalue weighted by atomic mass is 10.1. The molecule has 0 bridgehead atoms. The molecule has 0 fully saturated rings. The molecule has 2 aromatic carbocycles. The first-order valence-corrected chi connectivity index (χ1v) is 6.42. The van der Waals surface area contributed by atoms with Crippen molar-refractivity contribution >= 4 is 39.0 Å². The first-order chi connectivity index (χ1) is 9.90. The maximum atomic E-state index is 13.0. The zero-order valence-corrected chi connectivity index (χ0v) is 11.9. The van der Waals surface area contributed by atoms with Gasteiger partial charge in [0.15, 0.2) is 0 Å². The van der Waals surface area contributed by atoms with Gasteiger partial charge in [0.25, 0.3) is 0 Å². The molecule has 0 amide bonds. The van der Waals surface area contributed by atoms with E-state index in [4.69, 9.17) is 5.11 Å². The van der Waals surface area contributed by atoms with E-state index in [1.807, 2.05) is 0 Å². The zero-order valence-electron chi connectivity index (χ0n) is 10.3. The fourth-order valence-corrected chi connectivity index (χ4v) is 2.20. The molecule has 21 heavy (non-hydrogen) atoms. The first kappa shape index (κ1) is 14.9. The predicted molar refractivity (Wildman–Crippen MR) is 77.4 cm³/mol. The molecule has 0 heterocycles. The molecule has 8 heteroatoms. The zero-order chi connectivity index (χ0) is 15.6. The minimum absolute atomic E-state index is 0.00667. The van der Waals surface area contributed by atoms with Gasteiger partial charge in [0.05, 0.1) is 10.6 Å². The van der Waals surface area contributed by atoms with Crippen LogP contribution in [0.15, 0.2) is 40.9 Å². The van der Waals surface area contributed by atoms with Crippen molar-refractivity contribution in [3.8, 4) is 0 Å². The van der Waals surface area contributed by atoms with Crippen LogP contribution >= 0.6 is 15.9 Å². The van der Waals surface area contributed by atoms with Gasteiger partial charge in [-0.05, 0) is 46.3 Å². The van der Waals surface area contributed by atoms with E-state index >= 15 is 0 Å². The minimum atomic E-state index is -1.40. The van der Waals surface area contributed by atoms with E-state index in [1.165, 1.54) is 30.3 Å². The molecule has 0 aromatic heterocycles. The number of hydrogen-bond acceptors (Lipinski definition) is 4. The predicted octanol–water partition coefficient (Wildman–Crippen LogP) is 3.94. The summed E-state index contributed by atoms with van der Waals surface area (Å²) < 4.78 is 13.4. The number of aromatic carboxylic acids is 1. The topological polar surface area (TPSA) is 92.5 Å². The SMILES string of the molecule is O=C(O)c1cccc(Nc2ccc(F)cc2Br)c1[N+](=O)[O-]. The number of carboxylic acid groups (broad SMARTS) is 1. The highest BCUT2D eigenvalue weighted by Crippen LogP contribution is 2.33. The number of rotatable bonds is 4. The van der Waals surface area contributed by atoms with Gasteiger partial charge in [-0.15, -0.1) is 0 Å². The normalized spacial score (nSPS) is 10.2. The van der Waals surface area contributed by atoms with E-state index < -0.39 is 28.0 Å². The van der Waals surface area contributed by atoms with E-state index in [0.717, 1.165) is 6.07 Å². The number of hydrogen-bond donors (Lipinski definition) is 2. The fourth-order valence-electron chi connectivity index (χ4n) is 1.75. The molecule has 6 nitrogen and oxygen atoms in total. The maximum absolute atomic E-state index is 13.0. The highest BCUT2D eigenvalue weighted by Gasteiger charge is 2.24. The standard InChI is InChI=1S/C13H8BrFN2O4/c14-9-6-7(15)4-5-10(9)16-11-3-1-2-8(13(18)19)12(11)17(20)21/h1-6,16H,(H,18,19). The summed E-state index contributed by atoms with van der Waals surface area (Å²) in [6, 6.07) is 7.66. The van der Waals surface area contributed by atoms with Crippen LogP contribution in [-0.4, -0.2) is 16.0 Å². The number of anilines is 2. The van der Waals surface area contributed by atoms with Crippen LogP contribution in [0, 0.1) is 15.9 Å². The molecule has 0 saturated carbocycles. The van der Waals surface area contributed by atoms with Gasteiger partial charge >= 0.3 is 11.7 Å². The molecule has 0 aliphatic heterocycles. The summed E-state index contributed by atoms with van der Waals surface area (Å²) in [7, 11) is 0. The Hall–Kier alpha value is -2.48. The third-order valence-corrected chi connectivity index (χ3v) is 3.31. The number of carbonyl (C=O) groups is 1. The number of nitrogens with one attached hydrogen (secondary N) is 1. The molecule has 0 saturated heterocycles. The van der Waals surface area contributed by atoms with Gasteiger partial charge in [-0.2, -0.15) is 0 Å². The minimum Gasteiger partial charge on any atom is -0.477 e. The molecular formula is C13H8BrFN2O4. The molecule has 0 aliphatic carbocycles. The summed E-state index contributed by atoms with van der Waals surface area (Å²) in [5.41, 5.74) is -0.598. The molecule has 108 valence electrons. The average molecular weight is 355 g/mol. The number of nitro benzene ring substituents is 1. The molecule has 2 rings (SSSR count). The smallest absolute Gasteiger partial charge is 0.342 e. The Morgan fingerprint density at radius 2 is 2.00 bits per heavy atom. The molecule has 0 radical (unpaired) electrons. The van der Waals surface area contributed by atoms with Crippen LogP contribution in [0.5, 0.6) is 0 Å². The quantitative estimate of drug-likeness (QED) is 0.640. The van der Waals surface area contributed by atoms with Crippen LogP contribution in [-0.2, 0) is 0 Å². The number of carboxylic acids is 1. The Morgan fingerprint density at radius 3 is 2.57 bits per heavy atom. The largest absolute Gasteiger partial charge is 0.477 e. The van der Waals surface area contributed by atoms with E-state index in [1.54, 1.807) is 0 Å².